The molecule has 3 aromatic rings. The second-order valence-corrected chi connectivity index (χ2v) is 9.75. The normalized spacial score (nSPS) is 18.4. The summed E-state index contributed by atoms with van der Waals surface area (Å²) in [6, 6.07) is 10.1. The molecule has 2 heterocycles. The number of benzene rings is 2. The van der Waals surface area contributed by atoms with Gasteiger partial charge in [0.2, 0.25) is 5.75 Å². The van der Waals surface area contributed by atoms with Crippen molar-refractivity contribution in [1.82, 2.24) is 14.8 Å². The van der Waals surface area contributed by atoms with Crippen molar-refractivity contribution in [2.75, 3.05) is 47.5 Å². The molecule has 2 aromatic carbocycles. The van der Waals surface area contributed by atoms with Crippen LogP contribution in [0.4, 0.5) is 0 Å². The highest BCUT2D eigenvalue weighted by molar-refractivity contribution is 5.99. The van der Waals surface area contributed by atoms with Crippen LogP contribution < -0.4 is 14.2 Å². The molecular formula is C28H35N3O4. The number of nitrogens with one attached hydrogen (secondary N) is 1. The van der Waals surface area contributed by atoms with E-state index in [4.69, 9.17) is 14.2 Å². The number of aryl methyl sites for hydroxylation is 1. The maximum Gasteiger partial charge on any atom is 0.253 e. The second kappa shape index (κ2) is 9.82. The summed E-state index contributed by atoms with van der Waals surface area (Å²) < 4.78 is 16.6. The molecule has 1 aliphatic carbocycles. The molecule has 7 heteroatoms. The lowest BCUT2D eigenvalue weighted by atomic mass is 9.87. The van der Waals surface area contributed by atoms with Crippen molar-refractivity contribution in [2.24, 2.45) is 5.92 Å². The number of hydrogen-bond donors (Lipinski definition) is 1. The topological polar surface area (TPSA) is 67.0 Å². The number of aromatic nitrogens is 1. The lowest BCUT2D eigenvalue weighted by molar-refractivity contribution is 0.0627. The third-order valence-electron chi connectivity index (χ3n) is 7.52. The summed E-state index contributed by atoms with van der Waals surface area (Å²) in [5.74, 6) is 2.77. The van der Waals surface area contributed by atoms with Crippen LogP contribution in [0, 0.1) is 5.92 Å². The Morgan fingerprint density at radius 2 is 1.77 bits per heavy atom. The fourth-order valence-electron chi connectivity index (χ4n) is 5.54. The van der Waals surface area contributed by atoms with Gasteiger partial charge in [0, 0.05) is 60.4 Å². The minimum absolute atomic E-state index is 0.119. The van der Waals surface area contributed by atoms with Crippen molar-refractivity contribution in [2.45, 2.75) is 32.7 Å². The molecule has 7 nitrogen and oxygen atoms in total. The summed E-state index contributed by atoms with van der Waals surface area (Å²) in [6.45, 7) is 6.06. The fourth-order valence-corrected chi connectivity index (χ4v) is 5.54. The monoisotopic (exact) mass is 477 g/mol. The molecular weight excluding hydrogens is 442 g/mol. The standard InChI is InChI=1S/C28H35N3O4/c1-18-5-8-23-21(15-18)22-16-19(6-9-24(22)29-23)28(32)31-13-11-30(12-14-31)17-20-7-10-25(33-2)27(35-4)26(20)34-3/h6-7,9-10,16,18,29H,5,8,11-15,17H2,1-4H3/t18-/m0/s1. The van der Waals surface area contributed by atoms with E-state index < -0.39 is 0 Å². The van der Waals surface area contributed by atoms with E-state index in [0.29, 0.717) is 36.3 Å². The molecule has 0 spiro atoms. The van der Waals surface area contributed by atoms with Gasteiger partial charge in [-0.2, -0.15) is 0 Å². The highest BCUT2D eigenvalue weighted by Crippen LogP contribution is 2.40. The van der Waals surface area contributed by atoms with Gasteiger partial charge in [0.25, 0.3) is 5.91 Å². The predicted octanol–water partition coefficient (Wildman–Crippen LogP) is 4.28. The quantitative estimate of drug-likeness (QED) is 0.574. The summed E-state index contributed by atoms with van der Waals surface area (Å²) >= 11 is 0. The Labute approximate surface area is 206 Å². The van der Waals surface area contributed by atoms with E-state index in [2.05, 4.69) is 28.9 Å². The van der Waals surface area contributed by atoms with Gasteiger partial charge < -0.3 is 24.1 Å². The van der Waals surface area contributed by atoms with Crippen molar-refractivity contribution in [3.63, 3.8) is 0 Å². The Balaban J connectivity index is 1.27. The predicted molar refractivity (Wildman–Crippen MR) is 137 cm³/mol. The van der Waals surface area contributed by atoms with E-state index in [0.717, 1.165) is 49.1 Å². The molecule has 1 fully saturated rings. The van der Waals surface area contributed by atoms with Crippen LogP contribution in [0.1, 0.15) is 40.5 Å². The number of nitrogens with zero attached hydrogens (tertiary/aromatic N) is 2. The summed E-state index contributed by atoms with van der Waals surface area (Å²) in [5.41, 5.74) is 5.73. The highest BCUT2D eigenvalue weighted by atomic mass is 16.5. The SMILES string of the molecule is COc1ccc(CN2CCN(C(=O)c3ccc4[nH]c5c(c4c3)C[C@@H](C)CC5)CC2)c(OC)c1OC. The average Bonchev–Trinajstić information content (AvgIpc) is 3.25. The summed E-state index contributed by atoms with van der Waals surface area (Å²) in [5, 5.41) is 1.22. The average molecular weight is 478 g/mol. The van der Waals surface area contributed by atoms with Gasteiger partial charge in [0.05, 0.1) is 21.3 Å². The van der Waals surface area contributed by atoms with Crippen molar-refractivity contribution < 1.29 is 19.0 Å². The molecule has 2 aliphatic rings. The molecule has 0 unspecified atom stereocenters. The molecule has 5 rings (SSSR count). The minimum Gasteiger partial charge on any atom is -0.493 e. The second-order valence-electron chi connectivity index (χ2n) is 9.75. The molecule has 1 amide bonds. The molecule has 1 aromatic heterocycles. The van der Waals surface area contributed by atoms with Gasteiger partial charge in [-0.05, 0) is 55.0 Å². The van der Waals surface area contributed by atoms with Gasteiger partial charge in [-0.1, -0.05) is 13.0 Å². The van der Waals surface area contributed by atoms with E-state index in [1.165, 1.54) is 23.1 Å². The number of rotatable bonds is 6. The van der Waals surface area contributed by atoms with Gasteiger partial charge in [0.1, 0.15) is 0 Å². The first-order valence-corrected chi connectivity index (χ1v) is 12.4. The van der Waals surface area contributed by atoms with Crippen LogP contribution >= 0.6 is 0 Å². The smallest absolute Gasteiger partial charge is 0.253 e. The molecule has 1 saturated heterocycles. The van der Waals surface area contributed by atoms with E-state index in [-0.39, 0.29) is 5.91 Å². The number of piperazine rings is 1. The largest absolute Gasteiger partial charge is 0.493 e. The third-order valence-corrected chi connectivity index (χ3v) is 7.52. The van der Waals surface area contributed by atoms with Crippen molar-refractivity contribution in [3.05, 3.63) is 52.7 Å². The molecule has 0 bridgehead atoms. The van der Waals surface area contributed by atoms with E-state index >= 15 is 0 Å². The van der Waals surface area contributed by atoms with Crippen LogP contribution in [0.25, 0.3) is 10.9 Å². The lowest BCUT2D eigenvalue weighted by Crippen LogP contribution is -2.48. The van der Waals surface area contributed by atoms with Crippen LogP contribution in [-0.2, 0) is 19.4 Å². The number of carbonyl (C=O) groups is 1. The number of ether oxygens (including phenoxy) is 3. The number of H-pyrrole nitrogens is 1. The Morgan fingerprint density at radius 1 is 1.00 bits per heavy atom. The minimum atomic E-state index is 0.119. The van der Waals surface area contributed by atoms with Gasteiger partial charge in [-0.25, -0.2) is 0 Å². The van der Waals surface area contributed by atoms with E-state index in [9.17, 15) is 4.79 Å². The van der Waals surface area contributed by atoms with Gasteiger partial charge >= 0.3 is 0 Å². The van der Waals surface area contributed by atoms with Crippen molar-refractivity contribution in [1.29, 1.82) is 0 Å². The maximum absolute atomic E-state index is 13.4. The summed E-state index contributed by atoms with van der Waals surface area (Å²) in [4.78, 5) is 21.3. The Bertz CT molecular complexity index is 1230. The van der Waals surface area contributed by atoms with E-state index in [1.807, 2.05) is 23.1 Å². The first-order valence-electron chi connectivity index (χ1n) is 12.4. The number of amides is 1. The molecule has 1 atom stereocenters. The molecule has 0 radical (unpaired) electrons. The Kier molecular flexibility index (Phi) is 6.60. The fraction of sp³-hybridized carbons (Fsp3) is 0.464. The van der Waals surface area contributed by atoms with Crippen LogP contribution in [-0.4, -0.2) is 68.2 Å². The first-order chi connectivity index (χ1) is 17.0. The zero-order chi connectivity index (χ0) is 24.5. The maximum atomic E-state index is 13.4. The first kappa shape index (κ1) is 23.5. The Morgan fingerprint density at radius 3 is 2.49 bits per heavy atom. The number of methoxy groups -OCH3 is 3. The van der Waals surface area contributed by atoms with Gasteiger partial charge in [0.15, 0.2) is 11.5 Å². The van der Waals surface area contributed by atoms with Crippen molar-refractivity contribution >= 4 is 16.8 Å². The number of carbonyl (C=O) groups excluding carboxylic acids is 1. The Hall–Kier alpha value is -3.19. The van der Waals surface area contributed by atoms with Crippen LogP contribution in [0.15, 0.2) is 30.3 Å². The number of fused-ring (bicyclic) bond motifs is 3. The van der Waals surface area contributed by atoms with E-state index in [1.54, 1.807) is 21.3 Å². The summed E-state index contributed by atoms with van der Waals surface area (Å²) in [6.07, 6.45) is 3.41. The third kappa shape index (κ3) is 4.45. The number of aromatic amines is 1. The molecule has 186 valence electrons. The molecule has 1 N–H and O–H groups in total. The van der Waals surface area contributed by atoms with Gasteiger partial charge in [-0.3, -0.25) is 9.69 Å². The van der Waals surface area contributed by atoms with Crippen LogP contribution in [0.5, 0.6) is 17.2 Å². The zero-order valence-corrected chi connectivity index (χ0v) is 21.1. The van der Waals surface area contributed by atoms with Gasteiger partial charge in [-0.15, -0.1) is 0 Å². The summed E-state index contributed by atoms with van der Waals surface area (Å²) in [7, 11) is 4.89. The number of hydrogen-bond acceptors (Lipinski definition) is 5. The molecule has 1 aliphatic heterocycles. The van der Waals surface area contributed by atoms with Crippen molar-refractivity contribution in [3.8, 4) is 17.2 Å². The zero-order valence-electron chi connectivity index (χ0n) is 21.1. The lowest BCUT2D eigenvalue weighted by Gasteiger charge is -2.35. The van der Waals surface area contributed by atoms with Crippen LogP contribution in [0.3, 0.4) is 0 Å². The van der Waals surface area contributed by atoms with Crippen LogP contribution in [0.2, 0.25) is 0 Å². The molecule has 35 heavy (non-hydrogen) atoms. The molecule has 0 saturated carbocycles. The highest BCUT2D eigenvalue weighted by Gasteiger charge is 2.26.